The highest BCUT2D eigenvalue weighted by Crippen LogP contribution is 2.30. The van der Waals surface area contributed by atoms with E-state index in [9.17, 15) is 9.18 Å². The largest absolute Gasteiger partial charge is 0.496 e. The molecule has 1 aromatic carbocycles. The van der Waals surface area contributed by atoms with Gasteiger partial charge in [-0.15, -0.1) is 0 Å². The average molecular weight is 241 g/mol. The summed E-state index contributed by atoms with van der Waals surface area (Å²) >= 11 is 0. The van der Waals surface area contributed by atoms with Crippen molar-refractivity contribution in [3.63, 3.8) is 0 Å². The molecular formula is C12H16FNO3. The van der Waals surface area contributed by atoms with Gasteiger partial charge in [0.1, 0.15) is 11.6 Å². The molecule has 0 amide bonds. The smallest absolute Gasteiger partial charge is 0.312 e. The number of halogens is 1. The first-order chi connectivity index (χ1) is 8.04. The molecule has 1 aromatic rings. The number of benzene rings is 1. The lowest BCUT2D eigenvalue weighted by molar-refractivity contribution is -0.138. The van der Waals surface area contributed by atoms with Crippen molar-refractivity contribution in [2.45, 2.75) is 19.3 Å². The first-order valence-electron chi connectivity index (χ1n) is 5.34. The summed E-state index contributed by atoms with van der Waals surface area (Å²) in [5.74, 6) is -2.12. The second-order valence-corrected chi connectivity index (χ2v) is 3.66. The van der Waals surface area contributed by atoms with E-state index >= 15 is 0 Å². The summed E-state index contributed by atoms with van der Waals surface area (Å²) < 4.78 is 18.4. The van der Waals surface area contributed by atoms with Gasteiger partial charge in [0.25, 0.3) is 0 Å². The molecule has 1 rings (SSSR count). The van der Waals surface area contributed by atoms with Crippen molar-refractivity contribution in [1.82, 2.24) is 0 Å². The van der Waals surface area contributed by atoms with E-state index in [0.29, 0.717) is 23.3 Å². The number of carboxylic acids is 1. The quantitative estimate of drug-likeness (QED) is 0.819. The Bertz CT molecular complexity index is 420. The fourth-order valence-electron chi connectivity index (χ4n) is 1.86. The topological polar surface area (TPSA) is 72.5 Å². The highest BCUT2D eigenvalue weighted by Gasteiger charge is 2.23. The zero-order chi connectivity index (χ0) is 13.0. The Balaban J connectivity index is 3.39. The Morgan fingerprint density at radius 1 is 1.59 bits per heavy atom. The molecule has 17 heavy (non-hydrogen) atoms. The number of carbonyl (C=O) groups is 1. The van der Waals surface area contributed by atoms with Crippen LogP contribution in [0.3, 0.4) is 0 Å². The summed E-state index contributed by atoms with van der Waals surface area (Å²) in [5, 5.41) is 9.06. The minimum atomic E-state index is -1.06. The summed E-state index contributed by atoms with van der Waals surface area (Å²) in [6, 6.07) is 2.46. The van der Waals surface area contributed by atoms with Crippen LogP contribution in [-0.2, 0) is 11.2 Å². The zero-order valence-electron chi connectivity index (χ0n) is 9.87. The molecule has 1 unspecified atom stereocenters. The molecule has 0 radical (unpaired) electrons. The van der Waals surface area contributed by atoms with Crippen molar-refractivity contribution >= 4 is 5.97 Å². The number of carboxylic acid groups (broad SMARTS) is 1. The van der Waals surface area contributed by atoms with Crippen LogP contribution in [0.4, 0.5) is 4.39 Å². The molecule has 0 aliphatic carbocycles. The van der Waals surface area contributed by atoms with Crippen molar-refractivity contribution in [3.8, 4) is 5.75 Å². The molecule has 1 atom stereocenters. The highest BCUT2D eigenvalue weighted by molar-refractivity contribution is 5.77. The SMILES string of the molecule is CCc1c(OC)cc(F)cc1C(CN)C(=O)O. The molecule has 4 nitrogen and oxygen atoms in total. The van der Waals surface area contributed by atoms with Gasteiger partial charge in [-0.05, 0) is 23.6 Å². The Morgan fingerprint density at radius 3 is 2.65 bits per heavy atom. The fourth-order valence-corrected chi connectivity index (χ4v) is 1.86. The lowest BCUT2D eigenvalue weighted by atomic mass is 9.92. The van der Waals surface area contributed by atoms with Crippen LogP contribution in [0, 0.1) is 5.82 Å². The molecule has 3 N–H and O–H groups in total. The van der Waals surface area contributed by atoms with Gasteiger partial charge in [0.2, 0.25) is 0 Å². The first kappa shape index (κ1) is 13.4. The van der Waals surface area contributed by atoms with Crippen LogP contribution in [-0.4, -0.2) is 24.7 Å². The number of hydrogen-bond donors (Lipinski definition) is 2. The van der Waals surface area contributed by atoms with Crippen molar-refractivity contribution in [2.24, 2.45) is 5.73 Å². The van der Waals surface area contributed by atoms with Gasteiger partial charge in [0.15, 0.2) is 0 Å². The van der Waals surface area contributed by atoms with Gasteiger partial charge in [0, 0.05) is 12.6 Å². The second kappa shape index (κ2) is 5.63. The van der Waals surface area contributed by atoms with Crippen LogP contribution in [0.5, 0.6) is 5.75 Å². The lowest BCUT2D eigenvalue weighted by Crippen LogP contribution is -2.22. The minimum Gasteiger partial charge on any atom is -0.496 e. The molecule has 94 valence electrons. The monoisotopic (exact) mass is 241 g/mol. The molecule has 0 aliphatic heterocycles. The zero-order valence-corrected chi connectivity index (χ0v) is 9.87. The third kappa shape index (κ3) is 2.74. The van der Waals surface area contributed by atoms with Crippen LogP contribution >= 0.6 is 0 Å². The van der Waals surface area contributed by atoms with E-state index in [-0.39, 0.29) is 6.54 Å². The third-order valence-electron chi connectivity index (χ3n) is 2.69. The van der Waals surface area contributed by atoms with Crippen LogP contribution in [0.2, 0.25) is 0 Å². The fraction of sp³-hybridized carbons (Fsp3) is 0.417. The predicted octanol–water partition coefficient (Wildman–Crippen LogP) is 1.52. The molecule has 5 heteroatoms. The van der Waals surface area contributed by atoms with Crippen molar-refractivity contribution in [3.05, 3.63) is 29.1 Å². The Morgan fingerprint density at radius 2 is 2.24 bits per heavy atom. The van der Waals surface area contributed by atoms with Gasteiger partial charge in [-0.25, -0.2) is 4.39 Å². The van der Waals surface area contributed by atoms with E-state index < -0.39 is 17.7 Å². The Kier molecular flexibility index (Phi) is 4.45. The summed E-state index contributed by atoms with van der Waals surface area (Å²) in [5.41, 5.74) is 6.50. The number of methoxy groups -OCH3 is 1. The Labute approximate surface area is 99.2 Å². The molecule has 0 bridgehead atoms. The number of rotatable bonds is 5. The summed E-state index contributed by atoms with van der Waals surface area (Å²) in [6.07, 6.45) is 0.558. The van der Waals surface area contributed by atoms with E-state index in [1.54, 1.807) is 0 Å². The van der Waals surface area contributed by atoms with Gasteiger partial charge >= 0.3 is 5.97 Å². The maximum absolute atomic E-state index is 13.4. The van der Waals surface area contributed by atoms with Crippen molar-refractivity contribution < 1.29 is 19.0 Å². The molecule has 0 saturated heterocycles. The van der Waals surface area contributed by atoms with Gasteiger partial charge in [0.05, 0.1) is 13.0 Å². The first-order valence-corrected chi connectivity index (χ1v) is 5.34. The third-order valence-corrected chi connectivity index (χ3v) is 2.69. The minimum absolute atomic E-state index is 0.0745. The van der Waals surface area contributed by atoms with Gasteiger partial charge in [-0.1, -0.05) is 6.92 Å². The molecule has 0 aromatic heterocycles. The summed E-state index contributed by atoms with van der Waals surface area (Å²) in [6.45, 7) is 1.78. The lowest BCUT2D eigenvalue weighted by Gasteiger charge is -2.17. The Hall–Kier alpha value is -1.62. The summed E-state index contributed by atoms with van der Waals surface area (Å²) in [7, 11) is 1.43. The number of hydrogen-bond acceptors (Lipinski definition) is 3. The van der Waals surface area contributed by atoms with Crippen LogP contribution < -0.4 is 10.5 Å². The standard InChI is InChI=1S/C12H16FNO3/c1-3-8-9(10(6-14)12(15)16)4-7(13)5-11(8)17-2/h4-5,10H,3,6,14H2,1-2H3,(H,15,16). The molecule has 0 aliphatic rings. The predicted molar refractivity (Wildman–Crippen MR) is 61.8 cm³/mol. The van der Waals surface area contributed by atoms with Gasteiger partial charge in [-0.2, -0.15) is 0 Å². The van der Waals surface area contributed by atoms with Gasteiger partial charge < -0.3 is 15.6 Å². The molecular weight excluding hydrogens is 225 g/mol. The van der Waals surface area contributed by atoms with E-state index in [4.69, 9.17) is 15.6 Å². The van der Waals surface area contributed by atoms with E-state index in [1.807, 2.05) is 6.92 Å². The van der Waals surface area contributed by atoms with Gasteiger partial charge in [-0.3, -0.25) is 4.79 Å². The number of aliphatic carboxylic acids is 1. The second-order valence-electron chi connectivity index (χ2n) is 3.66. The van der Waals surface area contributed by atoms with E-state index in [0.717, 1.165) is 0 Å². The molecule has 0 saturated carbocycles. The van der Waals surface area contributed by atoms with Crippen LogP contribution in [0.15, 0.2) is 12.1 Å². The van der Waals surface area contributed by atoms with Crippen molar-refractivity contribution in [1.29, 1.82) is 0 Å². The molecule has 0 fully saturated rings. The highest BCUT2D eigenvalue weighted by atomic mass is 19.1. The number of nitrogens with two attached hydrogens (primary N) is 1. The van der Waals surface area contributed by atoms with E-state index in [1.165, 1.54) is 19.2 Å². The maximum Gasteiger partial charge on any atom is 0.312 e. The maximum atomic E-state index is 13.4. The van der Waals surface area contributed by atoms with Crippen LogP contribution in [0.1, 0.15) is 24.0 Å². The van der Waals surface area contributed by atoms with E-state index in [2.05, 4.69) is 0 Å². The average Bonchev–Trinajstić information content (AvgIpc) is 2.28. The van der Waals surface area contributed by atoms with Crippen molar-refractivity contribution in [2.75, 3.05) is 13.7 Å². The molecule has 0 heterocycles. The molecule has 0 spiro atoms. The normalized spacial score (nSPS) is 12.2. The van der Waals surface area contributed by atoms with Crippen LogP contribution in [0.25, 0.3) is 0 Å². The summed E-state index contributed by atoms with van der Waals surface area (Å²) in [4.78, 5) is 11.1. The number of ether oxygens (including phenoxy) is 1.